The first-order valence-electron chi connectivity index (χ1n) is 23.2. The van der Waals surface area contributed by atoms with Gasteiger partial charge in [-0.05, 0) is 107 Å². The van der Waals surface area contributed by atoms with Crippen LogP contribution in [0.1, 0.15) is 121 Å². The van der Waals surface area contributed by atoms with E-state index in [-0.39, 0.29) is 41.3 Å². The molecule has 0 radical (unpaired) electrons. The van der Waals surface area contributed by atoms with Gasteiger partial charge in [-0.25, -0.2) is 23.1 Å². The number of piperidine rings is 2. The normalized spacial score (nSPS) is 22.1. The predicted molar refractivity (Wildman–Crippen MR) is 244 cm³/mol. The molecule has 3 aromatic rings. The molecule has 0 bridgehead atoms. The number of fused-ring (bicyclic) bond motifs is 1. The molecule has 8 rings (SSSR count). The highest BCUT2D eigenvalue weighted by Gasteiger charge is 2.47. The number of nitrogens with zero attached hydrogens (tertiary/aromatic N) is 5. The smallest absolute Gasteiger partial charge is 0.262 e. The Kier molecular flexibility index (Phi) is 14.4. The first-order chi connectivity index (χ1) is 31.3. The van der Waals surface area contributed by atoms with Gasteiger partial charge in [-0.2, -0.15) is 0 Å². The minimum Gasteiger partial charge on any atom is -0.451 e. The molecule has 4 fully saturated rings. The van der Waals surface area contributed by atoms with Crippen LogP contribution >= 0.6 is 0 Å². The van der Waals surface area contributed by atoms with Crippen LogP contribution in [0.5, 0.6) is 11.5 Å². The molecule has 3 saturated heterocycles. The van der Waals surface area contributed by atoms with Gasteiger partial charge in [0.1, 0.15) is 18.1 Å². The van der Waals surface area contributed by atoms with Gasteiger partial charge >= 0.3 is 0 Å². The van der Waals surface area contributed by atoms with E-state index in [4.69, 9.17) is 4.74 Å². The van der Waals surface area contributed by atoms with E-state index in [1.54, 1.807) is 36.5 Å². The number of unbranched alkanes of at least 4 members (excludes halogenated alkanes) is 5. The number of aromatic nitrogens is 2. The van der Waals surface area contributed by atoms with Crippen LogP contribution in [0.15, 0.2) is 55.0 Å². The molecular weight excluding hydrogens is 851 g/mol. The second-order valence-electron chi connectivity index (χ2n) is 18.6. The highest BCUT2D eigenvalue weighted by molar-refractivity contribution is 7.88. The van der Waals surface area contributed by atoms with Gasteiger partial charge in [-0.3, -0.25) is 34.2 Å². The van der Waals surface area contributed by atoms with E-state index in [9.17, 15) is 32.4 Å². The lowest BCUT2D eigenvalue weighted by atomic mass is 9.71. The molecule has 1 aromatic heterocycles. The third-order valence-electron chi connectivity index (χ3n) is 13.7. The van der Waals surface area contributed by atoms with Crippen molar-refractivity contribution in [1.82, 2.24) is 35.1 Å². The zero-order valence-electron chi connectivity index (χ0n) is 37.2. The summed E-state index contributed by atoms with van der Waals surface area (Å²) in [6.45, 7) is 6.25. The van der Waals surface area contributed by atoms with Crippen molar-refractivity contribution in [2.24, 2.45) is 11.3 Å². The summed E-state index contributed by atoms with van der Waals surface area (Å²) in [4.78, 5) is 78.0. The zero-order chi connectivity index (χ0) is 45.6. The number of sulfonamides is 1. The van der Waals surface area contributed by atoms with Gasteiger partial charge in [-0.15, -0.1) is 0 Å². The third kappa shape index (κ3) is 11.3. The molecule has 2 aromatic carbocycles. The Morgan fingerprint density at radius 3 is 2.31 bits per heavy atom. The zero-order valence-corrected chi connectivity index (χ0v) is 38.0. The number of nitrogens with one attached hydrogen (secondary N) is 4. The van der Waals surface area contributed by atoms with E-state index in [0.717, 1.165) is 126 Å². The molecule has 17 nitrogen and oxygen atoms in total. The van der Waals surface area contributed by atoms with Crippen molar-refractivity contribution in [2.75, 3.05) is 62.3 Å². The molecule has 18 heteroatoms. The molecule has 5 aliphatic rings. The number of hydrogen-bond donors (Lipinski definition) is 4. The fourth-order valence-electron chi connectivity index (χ4n) is 10.1. The van der Waals surface area contributed by atoms with E-state index < -0.39 is 39.7 Å². The number of carbonyl (C=O) groups excluding carboxylic acids is 5. The Morgan fingerprint density at radius 1 is 0.862 bits per heavy atom. The van der Waals surface area contributed by atoms with Crippen molar-refractivity contribution in [3.05, 3.63) is 71.7 Å². The number of anilines is 2. The van der Waals surface area contributed by atoms with Crippen LogP contribution in [-0.2, 0) is 19.6 Å². The second-order valence-corrected chi connectivity index (χ2v) is 20.4. The standard InChI is InChI=1S/C47H61N9O8S/c1-65(62,63)53-33-14-12-32(13-15-33)28-54-24-20-47(21-25-54)29-55(30-47)42-40(27-48-31-51-42)64-39-11-7-6-10-36(39)43(58)50-23-9-5-3-2-4-8-22-49-34-16-17-35-37(26-34)46(61)56(45(35)60)38-18-19-41(57)52-44(38)59/h6-7,10-11,16-17,26-27,31-33,38,49,53H,2-5,8-9,12-15,18-25,28-30H2,1H3,(H,50,58)(H,52,57,59). The van der Waals surface area contributed by atoms with E-state index in [1.165, 1.54) is 12.6 Å². The molecule has 5 heterocycles. The summed E-state index contributed by atoms with van der Waals surface area (Å²) in [7, 11) is -3.16. The Balaban J connectivity index is 0.711. The average molecular weight is 912 g/mol. The lowest BCUT2D eigenvalue weighted by Gasteiger charge is -2.54. The van der Waals surface area contributed by atoms with Crippen LogP contribution in [0.4, 0.5) is 11.5 Å². The first kappa shape index (κ1) is 46.1. The number of likely N-dealkylation sites (tertiary alicyclic amines) is 1. The van der Waals surface area contributed by atoms with Gasteiger partial charge in [0.05, 0.1) is 29.1 Å². The number of benzene rings is 2. The molecule has 1 spiro atoms. The number of amides is 5. The minimum atomic E-state index is -3.16. The van der Waals surface area contributed by atoms with Crippen LogP contribution in [0.25, 0.3) is 0 Å². The summed E-state index contributed by atoms with van der Waals surface area (Å²) in [5.41, 5.74) is 1.94. The molecule has 348 valence electrons. The van der Waals surface area contributed by atoms with Crippen molar-refractivity contribution in [2.45, 2.75) is 102 Å². The maximum Gasteiger partial charge on any atom is 0.262 e. The fraction of sp³-hybridized carbons (Fsp3) is 0.553. The molecule has 1 saturated carbocycles. The van der Waals surface area contributed by atoms with Crippen LogP contribution in [0, 0.1) is 11.3 Å². The number of carbonyl (C=O) groups is 5. The molecule has 5 amide bonds. The van der Waals surface area contributed by atoms with Crippen LogP contribution in [0.3, 0.4) is 0 Å². The van der Waals surface area contributed by atoms with Crippen LogP contribution in [0.2, 0.25) is 0 Å². The molecule has 65 heavy (non-hydrogen) atoms. The van der Waals surface area contributed by atoms with E-state index >= 15 is 0 Å². The van der Waals surface area contributed by atoms with Crippen molar-refractivity contribution in [1.29, 1.82) is 0 Å². The second kappa shape index (κ2) is 20.4. The summed E-state index contributed by atoms with van der Waals surface area (Å²) in [6, 6.07) is 11.3. The number of hydrogen-bond acceptors (Lipinski definition) is 13. The van der Waals surface area contributed by atoms with Crippen molar-refractivity contribution in [3.8, 4) is 11.5 Å². The van der Waals surface area contributed by atoms with Gasteiger partial charge < -0.3 is 25.2 Å². The highest BCUT2D eigenvalue weighted by Crippen LogP contribution is 2.45. The summed E-state index contributed by atoms with van der Waals surface area (Å²) >= 11 is 0. The number of imide groups is 2. The minimum absolute atomic E-state index is 0.0685. The Morgan fingerprint density at radius 2 is 1.57 bits per heavy atom. The molecule has 4 aliphatic heterocycles. The van der Waals surface area contributed by atoms with Gasteiger partial charge in [0.2, 0.25) is 21.8 Å². The number of para-hydroxylation sites is 1. The average Bonchev–Trinajstić information content (AvgIpc) is 3.52. The van der Waals surface area contributed by atoms with E-state index in [0.29, 0.717) is 36.1 Å². The molecule has 1 unspecified atom stereocenters. The third-order valence-corrected chi connectivity index (χ3v) is 14.4. The summed E-state index contributed by atoms with van der Waals surface area (Å²) in [6.07, 6.45) is 16.7. The quantitative estimate of drug-likeness (QED) is 0.0936. The summed E-state index contributed by atoms with van der Waals surface area (Å²) in [5.74, 6) is 0.0614. The van der Waals surface area contributed by atoms with Crippen LogP contribution < -0.4 is 30.3 Å². The first-order valence-corrected chi connectivity index (χ1v) is 25.1. The molecule has 1 aliphatic carbocycles. The lowest BCUT2D eigenvalue weighted by Crippen LogP contribution is -2.61. The largest absolute Gasteiger partial charge is 0.451 e. The summed E-state index contributed by atoms with van der Waals surface area (Å²) < 4.78 is 32.4. The summed E-state index contributed by atoms with van der Waals surface area (Å²) in [5, 5.41) is 8.61. The molecular formula is C47H61N9O8S. The predicted octanol–water partition coefficient (Wildman–Crippen LogP) is 4.86. The highest BCUT2D eigenvalue weighted by atomic mass is 32.2. The molecule has 1 atom stereocenters. The van der Waals surface area contributed by atoms with Crippen molar-refractivity contribution in [3.63, 3.8) is 0 Å². The van der Waals surface area contributed by atoms with Gasteiger partial charge in [0.25, 0.3) is 17.7 Å². The number of rotatable bonds is 19. The Labute approximate surface area is 380 Å². The van der Waals surface area contributed by atoms with Crippen molar-refractivity contribution >= 4 is 51.1 Å². The van der Waals surface area contributed by atoms with E-state index in [2.05, 4.69) is 40.4 Å². The maximum absolute atomic E-state index is 13.4. The monoisotopic (exact) mass is 911 g/mol. The molecule has 4 N–H and O–H groups in total. The number of ether oxygens (including phenoxy) is 1. The Hall–Kier alpha value is -5.46. The lowest BCUT2D eigenvalue weighted by molar-refractivity contribution is -0.136. The topological polar surface area (TPSA) is 212 Å². The Bertz CT molecular complexity index is 2360. The van der Waals surface area contributed by atoms with Crippen molar-refractivity contribution < 1.29 is 37.1 Å². The van der Waals surface area contributed by atoms with Gasteiger partial charge in [0, 0.05) is 56.3 Å². The van der Waals surface area contributed by atoms with E-state index in [1.807, 2.05) is 12.1 Å². The maximum atomic E-state index is 13.4. The fourth-order valence-corrected chi connectivity index (χ4v) is 11.0. The van der Waals surface area contributed by atoms with Gasteiger partial charge in [0.15, 0.2) is 11.6 Å². The van der Waals surface area contributed by atoms with Gasteiger partial charge in [-0.1, -0.05) is 37.8 Å². The van der Waals surface area contributed by atoms with Crippen LogP contribution in [-0.4, -0.2) is 122 Å². The SMILES string of the molecule is CS(=O)(=O)NC1CCC(CN2CCC3(CC2)CN(c2ncncc2Oc2ccccc2C(=O)NCCCCCCCCNc2ccc4c(c2)C(=O)N(C2CCC(=O)NC2=O)C4=O)C3)CC1.